The van der Waals surface area contributed by atoms with Gasteiger partial charge in [0.05, 0.1) is 27.1 Å². The summed E-state index contributed by atoms with van der Waals surface area (Å²) in [5.41, 5.74) is 1.51. The lowest BCUT2D eigenvalue weighted by molar-refractivity contribution is 0.411. The number of nitrogens with zero attached hydrogens (tertiary/aromatic N) is 1. The molecule has 0 heterocycles. The van der Waals surface area contributed by atoms with Gasteiger partial charge in [-0.2, -0.15) is 0 Å². The zero-order chi connectivity index (χ0) is 20.6. The molecule has 0 aliphatic heterocycles. The van der Waals surface area contributed by atoms with Crippen molar-refractivity contribution in [3.63, 3.8) is 0 Å². The number of rotatable bonds is 6. The van der Waals surface area contributed by atoms with E-state index in [1.807, 2.05) is 0 Å². The average Bonchev–Trinajstić information content (AvgIpc) is 2.58. The van der Waals surface area contributed by atoms with E-state index in [9.17, 15) is 16.8 Å². The molecule has 0 fully saturated rings. The van der Waals surface area contributed by atoms with Gasteiger partial charge in [-0.25, -0.2) is 21.1 Å². The Morgan fingerprint density at radius 2 is 1.63 bits per heavy atom. The number of methoxy groups -OCH3 is 1. The molecule has 0 unspecified atom stereocenters. The van der Waals surface area contributed by atoms with Crippen LogP contribution in [-0.4, -0.2) is 42.3 Å². The molecule has 7 nitrogen and oxygen atoms in total. The zero-order valence-corrected chi connectivity index (χ0v) is 18.8. The van der Waals surface area contributed by atoms with Crippen LogP contribution < -0.4 is 9.46 Å². The van der Waals surface area contributed by atoms with E-state index in [0.717, 1.165) is 4.31 Å². The molecule has 0 bridgehead atoms. The molecule has 1 N–H and O–H groups in total. The lowest BCUT2D eigenvalue weighted by Gasteiger charge is -2.17. The molecule has 0 aromatic heterocycles. The zero-order valence-electron chi connectivity index (χ0n) is 15.6. The molecule has 10 heteroatoms. The standard InChI is InChI=1S/C17H21BrN2O5S2/c1-11-8-14(27(23,24)20(3)4)10-16(12(11)2)19-26(21,22)13-6-7-17(25-5)15(18)9-13/h6-10,19H,1-5H3. The average molecular weight is 477 g/mol. The van der Waals surface area contributed by atoms with E-state index < -0.39 is 20.0 Å². The molecule has 0 aliphatic carbocycles. The van der Waals surface area contributed by atoms with Gasteiger partial charge in [0, 0.05) is 14.1 Å². The summed E-state index contributed by atoms with van der Waals surface area (Å²) < 4.78 is 59.6. The Morgan fingerprint density at radius 3 is 2.15 bits per heavy atom. The van der Waals surface area contributed by atoms with Gasteiger partial charge >= 0.3 is 0 Å². The van der Waals surface area contributed by atoms with E-state index in [0.29, 0.717) is 21.3 Å². The van der Waals surface area contributed by atoms with Crippen molar-refractivity contribution in [1.29, 1.82) is 0 Å². The molecule has 0 amide bonds. The van der Waals surface area contributed by atoms with E-state index in [2.05, 4.69) is 20.7 Å². The molecule has 27 heavy (non-hydrogen) atoms. The van der Waals surface area contributed by atoms with Gasteiger partial charge in [0.2, 0.25) is 10.0 Å². The molecule has 0 aliphatic rings. The second kappa shape index (κ2) is 7.78. The van der Waals surface area contributed by atoms with E-state index in [-0.39, 0.29) is 15.5 Å². The van der Waals surface area contributed by atoms with Crippen LogP contribution in [-0.2, 0) is 20.0 Å². The molecule has 0 atom stereocenters. The third-order valence-electron chi connectivity index (χ3n) is 4.10. The van der Waals surface area contributed by atoms with Crippen molar-refractivity contribution in [2.75, 3.05) is 25.9 Å². The summed E-state index contributed by atoms with van der Waals surface area (Å²) in [6.45, 7) is 3.45. The highest BCUT2D eigenvalue weighted by atomic mass is 79.9. The fraction of sp³-hybridized carbons (Fsp3) is 0.294. The quantitative estimate of drug-likeness (QED) is 0.690. The highest BCUT2D eigenvalue weighted by Crippen LogP contribution is 2.30. The Balaban J connectivity index is 2.53. The van der Waals surface area contributed by atoms with Crippen molar-refractivity contribution < 1.29 is 21.6 Å². The van der Waals surface area contributed by atoms with Crippen molar-refractivity contribution in [2.24, 2.45) is 0 Å². The Morgan fingerprint density at radius 1 is 1.00 bits per heavy atom. The van der Waals surface area contributed by atoms with Crippen molar-refractivity contribution in [3.05, 3.63) is 45.9 Å². The van der Waals surface area contributed by atoms with Crippen LogP contribution in [0.5, 0.6) is 5.75 Å². The summed E-state index contributed by atoms with van der Waals surface area (Å²) in [6.07, 6.45) is 0. The molecule has 148 valence electrons. The van der Waals surface area contributed by atoms with Gasteiger partial charge in [-0.3, -0.25) is 4.72 Å². The minimum atomic E-state index is -3.93. The molecule has 2 aromatic rings. The maximum absolute atomic E-state index is 12.8. The van der Waals surface area contributed by atoms with Crippen LogP contribution in [0.3, 0.4) is 0 Å². The third-order valence-corrected chi connectivity index (χ3v) is 7.87. The summed E-state index contributed by atoms with van der Waals surface area (Å²) in [5, 5.41) is 0. The van der Waals surface area contributed by atoms with Crippen molar-refractivity contribution >= 4 is 41.7 Å². The summed E-state index contributed by atoms with van der Waals surface area (Å²) in [5.74, 6) is 0.500. The van der Waals surface area contributed by atoms with Crippen LogP contribution in [0.2, 0.25) is 0 Å². The predicted molar refractivity (Wildman–Crippen MR) is 108 cm³/mol. The molecule has 2 aromatic carbocycles. The molecule has 0 saturated carbocycles. The summed E-state index contributed by atoms with van der Waals surface area (Å²) in [6, 6.07) is 7.21. The molecule has 0 spiro atoms. The molecular weight excluding hydrogens is 456 g/mol. The van der Waals surface area contributed by atoms with Crippen LogP contribution in [0, 0.1) is 13.8 Å². The lowest BCUT2D eigenvalue weighted by Crippen LogP contribution is -2.23. The van der Waals surface area contributed by atoms with Gasteiger partial charge < -0.3 is 4.74 Å². The van der Waals surface area contributed by atoms with E-state index in [1.165, 1.54) is 51.5 Å². The van der Waals surface area contributed by atoms with Crippen LogP contribution in [0.1, 0.15) is 11.1 Å². The van der Waals surface area contributed by atoms with Crippen LogP contribution >= 0.6 is 15.9 Å². The number of benzene rings is 2. The predicted octanol–water partition coefficient (Wildman–Crippen LogP) is 3.13. The fourth-order valence-electron chi connectivity index (χ4n) is 2.31. The van der Waals surface area contributed by atoms with Crippen molar-refractivity contribution in [3.8, 4) is 5.75 Å². The maximum atomic E-state index is 12.8. The van der Waals surface area contributed by atoms with E-state index >= 15 is 0 Å². The van der Waals surface area contributed by atoms with Crippen molar-refractivity contribution in [1.82, 2.24) is 4.31 Å². The first-order valence-corrected chi connectivity index (χ1v) is 11.5. The van der Waals surface area contributed by atoms with Crippen LogP contribution in [0.25, 0.3) is 0 Å². The Hall–Kier alpha value is -1.62. The van der Waals surface area contributed by atoms with Gasteiger partial charge in [0.15, 0.2) is 0 Å². The van der Waals surface area contributed by atoms with Gasteiger partial charge in [-0.05, 0) is 71.2 Å². The largest absolute Gasteiger partial charge is 0.496 e. The maximum Gasteiger partial charge on any atom is 0.261 e. The smallest absolute Gasteiger partial charge is 0.261 e. The first-order chi connectivity index (χ1) is 12.4. The first kappa shape index (κ1) is 21.7. The summed E-state index contributed by atoms with van der Waals surface area (Å²) in [7, 11) is -3.31. The van der Waals surface area contributed by atoms with Crippen molar-refractivity contribution in [2.45, 2.75) is 23.6 Å². The lowest BCUT2D eigenvalue weighted by atomic mass is 10.1. The number of halogens is 1. The molecule has 0 radical (unpaired) electrons. The Kier molecular flexibility index (Phi) is 6.25. The number of anilines is 1. The normalized spacial score (nSPS) is 12.3. The van der Waals surface area contributed by atoms with Gasteiger partial charge in [-0.15, -0.1) is 0 Å². The monoisotopic (exact) mass is 476 g/mol. The summed E-state index contributed by atoms with van der Waals surface area (Å²) in [4.78, 5) is 0.0392. The molecular formula is C17H21BrN2O5S2. The first-order valence-electron chi connectivity index (χ1n) is 7.80. The Bertz CT molecular complexity index is 1080. The fourth-order valence-corrected chi connectivity index (χ4v) is 5.16. The second-order valence-electron chi connectivity index (χ2n) is 6.10. The van der Waals surface area contributed by atoms with Gasteiger partial charge in [-0.1, -0.05) is 0 Å². The van der Waals surface area contributed by atoms with E-state index in [4.69, 9.17) is 4.74 Å². The topological polar surface area (TPSA) is 92.8 Å². The molecule has 0 saturated heterocycles. The number of ether oxygens (including phenoxy) is 1. The minimum absolute atomic E-state index is 0.0178. The van der Waals surface area contributed by atoms with E-state index in [1.54, 1.807) is 13.8 Å². The SMILES string of the molecule is COc1ccc(S(=O)(=O)Nc2cc(S(=O)(=O)N(C)C)cc(C)c2C)cc1Br. The van der Waals surface area contributed by atoms with Gasteiger partial charge in [0.25, 0.3) is 10.0 Å². The second-order valence-corrected chi connectivity index (χ2v) is 10.8. The van der Waals surface area contributed by atoms with Crippen LogP contribution in [0.15, 0.2) is 44.6 Å². The van der Waals surface area contributed by atoms with Gasteiger partial charge in [0.1, 0.15) is 5.75 Å². The highest BCUT2D eigenvalue weighted by molar-refractivity contribution is 9.10. The molecule has 2 rings (SSSR count). The number of nitrogens with one attached hydrogen (secondary N) is 1. The Labute approximate surface area is 168 Å². The minimum Gasteiger partial charge on any atom is -0.496 e. The van der Waals surface area contributed by atoms with Crippen LogP contribution in [0.4, 0.5) is 5.69 Å². The number of sulfonamides is 2. The third kappa shape index (κ3) is 4.45. The number of aryl methyl sites for hydroxylation is 1. The number of hydrogen-bond donors (Lipinski definition) is 1. The number of hydrogen-bond acceptors (Lipinski definition) is 5. The summed E-state index contributed by atoms with van der Waals surface area (Å²) >= 11 is 3.26. The highest BCUT2D eigenvalue weighted by Gasteiger charge is 2.22.